The maximum atomic E-state index is 11.0. The Bertz CT molecular complexity index is 176. The third-order valence-electron chi connectivity index (χ3n) is 2.79. The summed E-state index contributed by atoms with van der Waals surface area (Å²) in [7, 11) is 1.45. The number of esters is 1. The minimum absolute atomic E-state index is 0. The van der Waals surface area contributed by atoms with Crippen LogP contribution in [-0.2, 0) is 9.53 Å². The minimum Gasteiger partial charge on any atom is -0.469 e. The molecule has 4 heteroatoms. The maximum Gasteiger partial charge on any atom is 0.305 e. The van der Waals surface area contributed by atoms with Gasteiger partial charge in [0, 0.05) is 6.42 Å². The maximum absolute atomic E-state index is 11.0. The molecule has 3 nitrogen and oxygen atoms in total. The molecule has 0 unspecified atom stereocenters. The predicted molar refractivity (Wildman–Crippen MR) is 58.6 cm³/mol. The van der Waals surface area contributed by atoms with Crippen LogP contribution in [0.4, 0.5) is 0 Å². The van der Waals surface area contributed by atoms with Crippen molar-refractivity contribution in [3.8, 4) is 0 Å². The molecule has 0 aromatic carbocycles. The second-order valence-electron chi connectivity index (χ2n) is 3.81. The number of carbonyl (C=O) groups is 1. The van der Waals surface area contributed by atoms with Crippen LogP contribution < -0.4 is 5.32 Å². The highest BCUT2D eigenvalue weighted by molar-refractivity contribution is 5.85. The van der Waals surface area contributed by atoms with Gasteiger partial charge in [0.15, 0.2) is 0 Å². The molecule has 0 amide bonds. The number of hydrogen-bond donors (Lipinski definition) is 1. The Morgan fingerprint density at radius 2 is 2.07 bits per heavy atom. The SMILES string of the molecule is CC[C@@H]1CNC[C@@H](CC(=O)OC)C1.Cl. The number of piperidine rings is 1. The number of carbonyl (C=O) groups excluding carboxylic acids is 1. The molecule has 1 rings (SSSR count). The molecule has 0 saturated carbocycles. The molecule has 1 aliphatic rings. The molecule has 84 valence electrons. The standard InChI is InChI=1S/C10H19NO2.ClH/c1-3-8-4-9(7-11-6-8)5-10(12)13-2;/h8-9,11H,3-7H2,1-2H3;1H/t8-,9+;/m0./s1. The number of rotatable bonds is 3. The third kappa shape index (κ3) is 4.29. The van der Waals surface area contributed by atoms with Gasteiger partial charge in [-0.25, -0.2) is 0 Å². The van der Waals surface area contributed by atoms with Crippen LogP contribution in [0.25, 0.3) is 0 Å². The summed E-state index contributed by atoms with van der Waals surface area (Å²) in [6.07, 6.45) is 2.93. The van der Waals surface area contributed by atoms with Gasteiger partial charge in [0.05, 0.1) is 7.11 Å². The van der Waals surface area contributed by atoms with Gasteiger partial charge in [-0.05, 0) is 31.3 Å². The Morgan fingerprint density at radius 1 is 1.43 bits per heavy atom. The van der Waals surface area contributed by atoms with Gasteiger partial charge < -0.3 is 10.1 Å². The van der Waals surface area contributed by atoms with E-state index >= 15 is 0 Å². The summed E-state index contributed by atoms with van der Waals surface area (Å²) in [4.78, 5) is 11.0. The van der Waals surface area contributed by atoms with Crippen molar-refractivity contribution in [2.75, 3.05) is 20.2 Å². The summed E-state index contributed by atoms with van der Waals surface area (Å²) >= 11 is 0. The van der Waals surface area contributed by atoms with Gasteiger partial charge >= 0.3 is 5.97 Å². The molecule has 1 N–H and O–H groups in total. The van der Waals surface area contributed by atoms with Crippen LogP contribution in [0.3, 0.4) is 0 Å². The van der Waals surface area contributed by atoms with Gasteiger partial charge in [0.25, 0.3) is 0 Å². The largest absolute Gasteiger partial charge is 0.469 e. The summed E-state index contributed by atoms with van der Waals surface area (Å²) in [5.41, 5.74) is 0. The van der Waals surface area contributed by atoms with Gasteiger partial charge in [0.2, 0.25) is 0 Å². The molecule has 0 aromatic heterocycles. The molecular formula is C10H20ClNO2. The van der Waals surface area contributed by atoms with Gasteiger partial charge in [-0.2, -0.15) is 0 Å². The van der Waals surface area contributed by atoms with Crippen LogP contribution in [0, 0.1) is 11.8 Å². The van der Waals surface area contributed by atoms with Crippen LogP contribution >= 0.6 is 12.4 Å². The lowest BCUT2D eigenvalue weighted by molar-refractivity contribution is -0.141. The molecule has 0 bridgehead atoms. The highest BCUT2D eigenvalue weighted by Crippen LogP contribution is 2.21. The van der Waals surface area contributed by atoms with E-state index in [0.717, 1.165) is 19.0 Å². The molecule has 0 radical (unpaired) electrons. The summed E-state index contributed by atoms with van der Waals surface area (Å²) in [5, 5.41) is 3.36. The van der Waals surface area contributed by atoms with E-state index in [1.54, 1.807) is 0 Å². The van der Waals surface area contributed by atoms with E-state index < -0.39 is 0 Å². The average molecular weight is 222 g/mol. The van der Waals surface area contributed by atoms with Crippen molar-refractivity contribution in [2.24, 2.45) is 11.8 Å². The van der Waals surface area contributed by atoms with E-state index in [1.165, 1.54) is 20.0 Å². The van der Waals surface area contributed by atoms with Crippen molar-refractivity contribution in [1.82, 2.24) is 5.32 Å². The smallest absolute Gasteiger partial charge is 0.305 e. The molecule has 1 fully saturated rings. The molecule has 1 saturated heterocycles. The van der Waals surface area contributed by atoms with Gasteiger partial charge in [-0.1, -0.05) is 13.3 Å². The topological polar surface area (TPSA) is 38.3 Å². The molecule has 1 aliphatic heterocycles. The Hall–Kier alpha value is -0.280. The summed E-state index contributed by atoms with van der Waals surface area (Å²) in [6, 6.07) is 0. The fraction of sp³-hybridized carbons (Fsp3) is 0.900. The van der Waals surface area contributed by atoms with Crippen LogP contribution in [0.15, 0.2) is 0 Å². The highest BCUT2D eigenvalue weighted by Gasteiger charge is 2.22. The zero-order valence-corrected chi connectivity index (χ0v) is 9.73. The molecule has 0 aromatic rings. The molecule has 1 heterocycles. The van der Waals surface area contributed by atoms with Gasteiger partial charge in [0.1, 0.15) is 0 Å². The fourth-order valence-electron chi connectivity index (χ4n) is 1.92. The first-order chi connectivity index (χ1) is 6.26. The Kier molecular flexibility index (Phi) is 6.93. The normalized spacial score (nSPS) is 26.4. The molecule has 0 spiro atoms. The van der Waals surface area contributed by atoms with Crippen molar-refractivity contribution in [3.05, 3.63) is 0 Å². The van der Waals surface area contributed by atoms with Crippen molar-refractivity contribution in [2.45, 2.75) is 26.2 Å². The van der Waals surface area contributed by atoms with Gasteiger partial charge in [-0.15, -0.1) is 12.4 Å². The highest BCUT2D eigenvalue weighted by atomic mass is 35.5. The summed E-state index contributed by atoms with van der Waals surface area (Å²) < 4.78 is 4.66. The minimum atomic E-state index is -0.0800. The first-order valence-electron chi connectivity index (χ1n) is 5.03. The second-order valence-corrected chi connectivity index (χ2v) is 3.81. The lowest BCUT2D eigenvalue weighted by Crippen LogP contribution is -2.37. The van der Waals surface area contributed by atoms with E-state index in [2.05, 4.69) is 17.0 Å². The van der Waals surface area contributed by atoms with Crippen molar-refractivity contribution in [3.63, 3.8) is 0 Å². The second kappa shape index (κ2) is 7.07. The average Bonchev–Trinajstić information content (AvgIpc) is 2.18. The lowest BCUT2D eigenvalue weighted by atomic mass is 9.87. The first kappa shape index (κ1) is 13.7. The monoisotopic (exact) mass is 221 g/mol. The number of hydrogen-bond acceptors (Lipinski definition) is 3. The zero-order chi connectivity index (χ0) is 9.68. The Morgan fingerprint density at radius 3 is 2.64 bits per heavy atom. The lowest BCUT2D eigenvalue weighted by Gasteiger charge is -2.28. The van der Waals surface area contributed by atoms with Crippen LogP contribution in [0.5, 0.6) is 0 Å². The van der Waals surface area contributed by atoms with E-state index in [4.69, 9.17) is 0 Å². The molecule has 14 heavy (non-hydrogen) atoms. The number of methoxy groups -OCH3 is 1. The van der Waals surface area contributed by atoms with E-state index in [1.807, 2.05) is 0 Å². The van der Waals surface area contributed by atoms with Gasteiger partial charge in [-0.3, -0.25) is 4.79 Å². The molecule has 0 aliphatic carbocycles. The Labute approximate surface area is 92.0 Å². The summed E-state index contributed by atoms with van der Waals surface area (Å²) in [6.45, 7) is 4.27. The third-order valence-corrected chi connectivity index (χ3v) is 2.79. The summed E-state index contributed by atoms with van der Waals surface area (Å²) in [5.74, 6) is 1.14. The number of ether oxygens (including phenoxy) is 1. The van der Waals surface area contributed by atoms with E-state index in [0.29, 0.717) is 12.3 Å². The number of halogens is 1. The van der Waals surface area contributed by atoms with Crippen LogP contribution in [0.2, 0.25) is 0 Å². The zero-order valence-electron chi connectivity index (χ0n) is 8.91. The van der Waals surface area contributed by atoms with Crippen LogP contribution in [-0.4, -0.2) is 26.2 Å². The molecular weight excluding hydrogens is 202 g/mol. The fourth-order valence-corrected chi connectivity index (χ4v) is 1.92. The van der Waals surface area contributed by atoms with E-state index in [-0.39, 0.29) is 18.4 Å². The number of nitrogens with one attached hydrogen (secondary N) is 1. The molecule has 2 atom stereocenters. The first-order valence-corrected chi connectivity index (χ1v) is 5.03. The van der Waals surface area contributed by atoms with Crippen molar-refractivity contribution in [1.29, 1.82) is 0 Å². The van der Waals surface area contributed by atoms with Crippen molar-refractivity contribution >= 4 is 18.4 Å². The predicted octanol–water partition coefficient (Wildman–Crippen LogP) is 1.61. The van der Waals surface area contributed by atoms with Crippen molar-refractivity contribution < 1.29 is 9.53 Å². The van der Waals surface area contributed by atoms with Crippen LogP contribution in [0.1, 0.15) is 26.2 Å². The van der Waals surface area contributed by atoms with E-state index in [9.17, 15) is 4.79 Å². The quantitative estimate of drug-likeness (QED) is 0.736. The Balaban J connectivity index is 0.00000169.